The Labute approximate surface area is 70.9 Å². The van der Waals surface area contributed by atoms with E-state index in [0.29, 0.717) is 0 Å². The summed E-state index contributed by atoms with van der Waals surface area (Å²) in [5.74, 6) is 0. The van der Waals surface area contributed by atoms with Crippen molar-refractivity contribution in [2.45, 2.75) is 0 Å². The lowest BCUT2D eigenvalue weighted by Crippen LogP contribution is -2.34. The molecule has 66 valence electrons. The predicted molar refractivity (Wildman–Crippen MR) is 33.5 cm³/mol. The molecular weight excluding hydrogens is 192 g/mol. The Balaban J connectivity index is 4.26. The van der Waals surface area contributed by atoms with Crippen molar-refractivity contribution in [3.8, 4) is 6.19 Å². The molecule has 10 heteroatoms. The second kappa shape index (κ2) is 4.34. The summed E-state index contributed by atoms with van der Waals surface area (Å²) in [6.45, 7) is 0. The molecule has 0 bridgehead atoms. The van der Waals surface area contributed by atoms with Gasteiger partial charge in [-0.05, 0) is 12.8 Å². The fourth-order valence-corrected chi connectivity index (χ4v) is 0.322. The van der Waals surface area contributed by atoms with E-state index in [1.165, 1.54) is 0 Å². The van der Waals surface area contributed by atoms with Gasteiger partial charge in [0, 0.05) is 4.63 Å². The van der Waals surface area contributed by atoms with Crippen LogP contribution < -0.4 is 0 Å². The van der Waals surface area contributed by atoms with Gasteiger partial charge >= 0.3 is 6.09 Å². The van der Waals surface area contributed by atoms with E-state index in [0.717, 1.165) is 6.19 Å². The quantitative estimate of drug-likeness (QED) is 0.201. The lowest BCUT2D eigenvalue weighted by molar-refractivity contribution is -0.618. The van der Waals surface area contributed by atoms with Crippen LogP contribution in [0.4, 0.5) is 4.79 Å². The summed E-state index contributed by atoms with van der Waals surface area (Å²) in [6.07, 6.45) is -0.786. The molecule has 0 saturated heterocycles. The number of nitriles is 1. The highest BCUT2D eigenvalue weighted by Crippen LogP contribution is 1.96. The van der Waals surface area contributed by atoms with Crippen molar-refractivity contribution < 1.29 is 19.9 Å². The molecule has 0 rings (SSSR count). The molecule has 0 aliphatic rings. The van der Waals surface area contributed by atoms with E-state index >= 15 is 0 Å². The first kappa shape index (κ1) is 10.4. The minimum atomic E-state index is -1.68. The van der Waals surface area contributed by atoms with Crippen molar-refractivity contribution in [1.29, 1.82) is 5.26 Å². The largest absolute Gasteiger partial charge is 0.505 e. The number of carbonyl (C=O) groups is 1. The van der Waals surface area contributed by atoms with Crippen LogP contribution in [0, 0.1) is 21.6 Å². The summed E-state index contributed by atoms with van der Waals surface area (Å²) in [5, 5.41) is 24.1. The van der Waals surface area contributed by atoms with Gasteiger partial charge in [0.15, 0.2) is 5.03 Å². The molecule has 0 atom stereocenters. The van der Waals surface area contributed by atoms with E-state index in [-0.39, 0.29) is 4.63 Å². The highest BCUT2D eigenvalue weighted by molar-refractivity contribution is 7.77. The minimum absolute atomic E-state index is 0.365. The summed E-state index contributed by atoms with van der Waals surface area (Å²) < 4.78 is -0.365. The molecule has 0 fully saturated rings. The van der Waals surface area contributed by atoms with Crippen LogP contribution in [-0.4, -0.2) is 26.0 Å². The molecule has 12 heavy (non-hydrogen) atoms. The van der Waals surface area contributed by atoms with E-state index in [1.807, 2.05) is 0 Å². The smallest absolute Gasteiger partial charge is 0.309 e. The van der Waals surface area contributed by atoms with E-state index in [9.17, 15) is 14.9 Å². The summed E-state index contributed by atoms with van der Waals surface area (Å²) >= 11 is 3.03. The zero-order valence-electron chi connectivity index (χ0n) is 5.32. The van der Waals surface area contributed by atoms with Gasteiger partial charge in [0.1, 0.15) is 0 Å². The van der Waals surface area contributed by atoms with Gasteiger partial charge < -0.3 is 4.84 Å². The van der Waals surface area contributed by atoms with Crippen LogP contribution in [0.5, 0.6) is 0 Å². The van der Waals surface area contributed by atoms with Crippen LogP contribution in [0.3, 0.4) is 0 Å². The molecule has 9 nitrogen and oxygen atoms in total. The van der Waals surface area contributed by atoms with E-state index in [1.54, 1.807) is 0 Å². The van der Waals surface area contributed by atoms with Crippen molar-refractivity contribution in [3.05, 3.63) is 10.1 Å². The van der Waals surface area contributed by atoms with Gasteiger partial charge in [0.05, 0.1) is 5.01 Å². The molecule has 0 heterocycles. The molecule has 0 aromatic carbocycles. The summed E-state index contributed by atoms with van der Waals surface area (Å²) in [4.78, 5) is 23.9. The Bertz CT molecular complexity index is 234. The molecule has 0 aliphatic carbocycles. The Hall–Kier alpha value is -1.57. The van der Waals surface area contributed by atoms with Gasteiger partial charge in [-0.25, -0.2) is 14.9 Å². The third kappa shape index (κ3) is 3.01. The predicted octanol–water partition coefficient (Wildman–Crippen LogP) is -0.451. The van der Waals surface area contributed by atoms with Crippen molar-refractivity contribution in [3.63, 3.8) is 0 Å². The average molecular weight is 194 g/mol. The lowest BCUT2D eigenvalue weighted by atomic mass is 11.0. The molecular formula is C2H2N4O5S. The normalized spacial score (nSPS) is 8.83. The standard InChI is InChI=1S/C2H2N4O5S/c3-1-4(5(8)9)2(7)11-6(10)12/h10,12H. The third-order valence-electron chi connectivity index (χ3n) is 0.591. The number of amides is 1. The Morgan fingerprint density at radius 3 is 2.58 bits per heavy atom. The summed E-state index contributed by atoms with van der Waals surface area (Å²) in [5.41, 5.74) is 0. The van der Waals surface area contributed by atoms with Gasteiger partial charge in [-0.3, -0.25) is 5.21 Å². The topological polar surface area (TPSA) is 120 Å². The fourth-order valence-electron chi connectivity index (χ4n) is 0.253. The second-order valence-corrected chi connectivity index (χ2v) is 1.60. The molecule has 1 amide bonds. The Morgan fingerprint density at radius 1 is 1.83 bits per heavy atom. The summed E-state index contributed by atoms with van der Waals surface area (Å²) in [6, 6.07) is 0. The number of carbonyl (C=O) groups excluding carboxylic acids is 1. The molecule has 1 N–H and O–H groups in total. The first-order valence-electron chi connectivity index (χ1n) is 2.23. The van der Waals surface area contributed by atoms with Crippen LogP contribution in [0.25, 0.3) is 0 Å². The van der Waals surface area contributed by atoms with Gasteiger partial charge in [0.2, 0.25) is 0 Å². The van der Waals surface area contributed by atoms with Gasteiger partial charge in [-0.1, -0.05) is 0 Å². The van der Waals surface area contributed by atoms with E-state index in [2.05, 4.69) is 17.7 Å². The Morgan fingerprint density at radius 2 is 2.33 bits per heavy atom. The number of nitro groups is 1. The molecule has 0 saturated carbocycles. The molecule has 0 aromatic rings. The van der Waals surface area contributed by atoms with Crippen LogP contribution in [0.1, 0.15) is 0 Å². The second-order valence-electron chi connectivity index (χ2n) is 1.26. The van der Waals surface area contributed by atoms with Crippen molar-refractivity contribution in [2.24, 2.45) is 0 Å². The van der Waals surface area contributed by atoms with Crippen LogP contribution in [-0.2, 0) is 4.84 Å². The van der Waals surface area contributed by atoms with Crippen molar-refractivity contribution in [1.82, 2.24) is 9.64 Å². The summed E-state index contributed by atoms with van der Waals surface area (Å²) in [7, 11) is 0. The van der Waals surface area contributed by atoms with Crippen LogP contribution >= 0.6 is 12.8 Å². The molecule has 0 aromatic heterocycles. The lowest BCUT2D eigenvalue weighted by Gasteiger charge is -2.05. The van der Waals surface area contributed by atoms with E-state index in [4.69, 9.17) is 10.5 Å². The van der Waals surface area contributed by atoms with E-state index < -0.39 is 16.1 Å². The maximum atomic E-state index is 10.4. The average Bonchev–Trinajstić information content (AvgIpc) is 1.85. The van der Waals surface area contributed by atoms with Crippen LogP contribution in [0.15, 0.2) is 0 Å². The molecule has 0 radical (unpaired) electrons. The fraction of sp³-hybridized carbons (Fsp3) is 0. The Kier molecular flexibility index (Phi) is 3.77. The number of nitrogens with zero attached hydrogens (tertiary/aromatic N) is 4. The number of hydrogen-bond donors (Lipinski definition) is 2. The highest BCUT2D eigenvalue weighted by atomic mass is 32.1. The van der Waals surface area contributed by atoms with Crippen molar-refractivity contribution in [2.75, 3.05) is 0 Å². The molecule has 0 unspecified atom stereocenters. The molecule has 0 spiro atoms. The monoisotopic (exact) mass is 194 g/mol. The minimum Gasteiger partial charge on any atom is -0.309 e. The number of rotatable bonds is 2. The molecule has 0 aliphatic heterocycles. The highest BCUT2D eigenvalue weighted by Gasteiger charge is 2.27. The first-order chi connectivity index (χ1) is 5.49. The van der Waals surface area contributed by atoms with Crippen molar-refractivity contribution >= 4 is 18.9 Å². The van der Waals surface area contributed by atoms with Crippen LogP contribution in [0.2, 0.25) is 0 Å². The van der Waals surface area contributed by atoms with Gasteiger partial charge in [-0.15, -0.1) is 0 Å². The number of hydrogen-bond acceptors (Lipinski definition) is 8. The van der Waals surface area contributed by atoms with Gasteiger partial charge in [0.25, 0.3) is 6.19 Å². The number of hydrazine groups is 1. The first-order valence-corrected chi connectivity index (χ1v) is 2.63. The third-order valence-corrected chi connectivity index (χ3v) is 0.672. The maximum absolute atomic E-state index is 10.4. The SMILES string of the molecule is N#CN(C(=O)ON(O)S)[N+](=O)[O-]. The maximum Gasteiger partial charge on any atom is 0.505 e. The zero-order valence-corrected chi connectivity index (χ0v) is 6.21. The zero-order chi connectivity index (χ0) is 9.72. The number of thiol groups is 1. The van der Waals surface area contributed by atoms with Gasteiger partial charge in [-0.2, -0.15) is 5.26 Å².